The molecule has 1 N–H and O–H groups in total. The Bertz CT molecular complexity index is 1010. The number of methoxy groups -OCH3 is 2. The third-order valence-corrected chi connectivity index (χ3v) is 4.75. The largest absolute Gasteiger partial charge is 0.497 e. The summed E-state index contributed by atoms with van der Waals surface area (Å²) in [4.78, 5) is 38.7. The maximum absolute atomic E-state index is 14.2. The number of nitrogens with one attached hydrogen (secondary N) is 1. The molecule has 1 heterocycles. The third kappa shape index (κ3) is 3.51. The van der Waals surface area contributed by atoms with Gasteiger partial charge in [-0.25, -0.2) is 13.6 Å². The lowest BCUT2D eigenvalue weighted by molar-refractivity contribution is -0.130. The van der Waals surface area contributed by atoms with Crippen molar-refractivity contribution < 1.29 is 32.6 Å². The first-order valence-electron chi connectivity index (χ1n) is 8.56. The van der Waals surface area contributed by atoms with Gasteiger partial charge in [-0.2, -0.15) is 0 Å². The van der Waals surface area contributed by atoms with Gasteiger partial charge in [-0.1, -0.05) is 0 Å². The number of carbonyl (C=O) groups is 3. The number of carbonyl (C=O) groups excluding carboxylic acids is 3. The molecule has 0 radical (unpaired) electrons. The summed E-state index contributed by atoms with van der Waals surface area (Å²) in [7, 11) is 2.79. The molecule has 0 aliphatic carbocycles. The van der Waals surface area contributed by atoms with Crippen molar-refractivity contribution in [3.8, 4) is 11.5 Å². The van der Waals surface area contributed by atoms with Crippen LogP contribution in [0.4, 0.5) is 13.6 Å². The minimum Gasteiger partial charge on any atom is -0.497 e. The van der Waals surface area contributed by atoms with Gasteiger partial charge in [-0.3, -0.25) is 14.5 Å². The highest BCUT2D eigenvalue weighted by molar-refractivity contribution is 6.11. The summed E-state index contributed by atoms with van der Waals surface area (Å²) in [5, 5.41) is 2.35. The summed E-state index contributed by atoms with van der Waals surface area (Å²) in [6.07, 6.45) is 0. The average molecular weight is 404 g/mol. The quantitative estimate of drug-likeness (QED) is 0.591. The molecule has 2 aromatic rings. The SMILES string of the molecule is COc1ccc(OC)c(C(=O)CN2C(=O)N[C@](C)(c3cc(F)ccc3F)C2=O)c1. The lowest BCUT2D eigenvalue weighted by Crippen LogP contribution is -2.42. The van der Waals surface area contributed by atoms with E-state index in [4.69, 9.17) is 9.47 Å². The first kappa shape index (κ1) is 20.2. The van der Waals surface area contributed by atoms with Crippen LogP contribution in [0.3, 0.4) is 0 Å². The molecule has 0 saturated carbocycles. The number of ketones is 1. The van der Waals surface area contributed by atoms with Gasteiger partial charge in [0.1, 0.15) is 28.7 Å². The van der Waals surface area contributed by atoms with E-state index in [0.717, 1.165) is 18.2 Å². The van der Waals surface area contributed by atoms with E-state index in [0.29, 0.717) is 10.6 Å². The highest BCUT2D eigenvalue weighted by Gasteiger charge is 2.51. The van der Waals surface area contributed by atoms with Crippen LogP contribution < -0.4 is 14.8 Å². The van der Waals surface area contributed by atoms with Gasteiger partial charge in [0.05, 0.1) is 26.3 Å². The third-order valence-electron chi connectivity index (χ3n) is 4.75. The first-order chi connectivity index (χ1) is 13.7. The van der Waals surface area contributed by atoms with Gasteiger partial charge in [0.25, 0.3) is 5.91 Å². The van der Waals surface area contributed by atoms with Crippen molar-refractivity contribution in [1.29, 1.82) is 0 Å². The van der Waals surface area contributed by atoms with Crippen LogP contribution in [0.25, 0.3) is 0 Å². The topological polar surface area (TPSA) is 84.9 Å². The first-order valence-corrected chi connectivity index (χ1v) is 8.56. The molecule has 3 rings (SSSR count). The molecule has 1 fully saturated rings. The van der Waals surface area contributed by atoms with Crippen LogP contribution in [0.5, 0.6) is 11.5 Å². The second-order valence-electron chi connectivity index (χ2n) is 6.56. The zero-order chi connectivity index (χ0) is 21.3. The van der Waals surface area contributed by atoms with Crippen LogP contribution in [0.2, 0.25) is 0 Å². The number of nitrogens with zero attached hydrogens (tertiary/aromatic N) is 1. The van der Waals surface area contributed by atoms with Crippen molar-refractivity contribution in [2.75, 3.05) is 20.8 Å². The van der Waals surface area contributed by atoms with E-state index in [9.17, 15) is 23.2 Å². The number of ether oxygens (including phenoxy) is 2. The zero-order valence-electron chi connectivity index (χ0n) is 15.9. The number of halogens is 2. The van der Waals surface area contributed by atoms with E-state index in [1.54, 1.807) is 6.07 Å². The molecule has 0 unspecified atom stereocenters. The lowest BCUT2D eigenvalue weighted by atomic mass is 9.91. The van der Waals surface area contributed by atoms with E-state index >= 15 is 0 Å². The van der Waals surface area contributed by atoms with Gasteiger partial charge in [0, 0.05) is 5.56 Å². The van der Waals surface area contributed by atoms with E-state index in [-0.39, 0.29) is 16.9 Å². The molecule has 7 nitrogen and oxygen atoms in total. The normalized spacial score (nSPS) is 18.6. The van der Waals surface area contributed by atoms with Crippen molar-refractivity contribution in [2.24, 2.45) is 0 Å². The predicted molar refractivity (Wildman–Crippen MR) is 97.8 cm³/mol. The Morgan fingerprint density at radius 1 is 1.10 bits per heavy atom. The fourth-order valence-electron chi connectivity index (χ4n) is 3.16. The number of rotatable bonds is 6. The van der Waals surface area contributed by atoms with Crippen molar-refractivity contribution >= 4 is 17.7 Å². The highest BCUT2D eigenvalue weighted by atomic mass is 19.1. The van der Waals surface area contributed by atoms with Crippen molar-refractivity contribution in [3.63, 3.8) is 0 Å². The molecule has 152 valence electrons. The Morgan fingerprint density at radius 2 is 1.83 bits per heavy atom. The molecule has 3 amide bonds. The predicted octanol–water partition coefficient (Wildman–Crippen LogP) is 2.63. The van der Waals surface area contributed by atoms with Crippen LogP contribution >= 0.6 is 0 Å². The number of Topliss-reactive ketones (excluding diaryl/α,β-unsaturated/α-hetero) is 1. The lowest BCUT2D eigenvalue weighted by Gasteiger charge is -2.22. The molecule has 0 aromatic heterocycles. The second kappa shape index (κ2) is 7.50. The van der Waals surface area contributed by atoms with E-state index in [1.807, 2.05) is 0 Å². The number of imide groups is 1. The zero-order valence-corrected chi connectivity index (χ0v) is 15.9. The number of amides is 3. The monoisotopic (exact) mass is 404 g/mol. The Labute approximate surface area is 165 Å². The van der Waals surface area contributed by atoms with E-state index in [1.165, 1.54) is 33.3 Å². The molecule has 9 heteroatoms. The van der Waals surface area contributed by atoms with E-state index in [2.05, 4.69) is 5.32 Å². The number of hydrogen-bond acceptors (Lipinski definition) is 5. The van der Waals surface area contributed by atoms with Gasteiger partial charge >= 0.3 is 6.03 Å². The van der Waals surface area contributed by atoms with Crippen LogP contribution in [-0.2, 0) is 10.3 Å². The summed E-state index contributed by atoms with van der Waals surface area (Å²) in [6.45, 7) is 0.641. The Kier molecular flexibility index (Phi) is 5.23. The molecule has 1 saturated heterocycles. The molecule has 0 spiro atoms. The Hall–Kier alpha value is -3.49. The smallest absolute Gasteiger partial charge is 0.325 e. The minimum atomic E-state index is -1.85. The standard InChI is InChI=1S/C20H18F2N2O5/c1-20(14-8-11(21)4-6-15(14)22)18(26)24(19(27)23-20)10-16(25)13-9-12(28-2)5-7-17(13)29-3/h4-9H,10H2,1-3H3,(H,23,27)/t20-/m1/s1. The molecule has 0 bridgehead atoms. The van der Waals surface area contributed by atoms with Gasteiger partial charge in [-0.05, 0) is 43.3 Å². The second-order valence-corrected chi connectivity index (χ2v) is 6.56. The molecule has 1 atom stereocenters. The van der Waals surface area contributed by atoms with Crippen LogP contribution in [0.1, 0.15) is 22.8 Å². The fraction of sp³-hybridized carbons (Fsp3) is 0.250. The summed E-state index contributed by atoms with van der Waals surface area (Å²) in [6, 6.07) is 6.24. The molecule has 1 aliphatic heterocycles. The number of hydrogen-bond donors (Lipinski definition) is 1. The summed E-state index contributed by atoms with van der Waals surface area (Å²) in [5.74, 6) is -2.46. The molecule has 1 aliphatic rings. The van der Waals surface area contributed by atoms with Gasteiger partial charge in [0.15, 0.2) is 5.78 Å². The maximum Gasteiger partial charge on any atom is 0.325 e. The molecular formula is C20H18F2N2O5. The Balaban J connectivity index is 1.91. The molecule has 29 heavy (non-hydrogen) atoms. The van der Waals surface area contributed by atoms with Gasteiger partial charge < -0.3 is 14.8 Å². The summed E-state index contributed by atoms with van der Waals surface area (Å²) in [5.41, 5.74) is -2.06. The van der Waals surface area contributed by atoms with Crippen molar-refractivity contribution in [2.45, 2.75) is 12.5 Å². The maximum atomic E-state index is 14.2. The summed E-state index contributed by atoms with van der Waals surface area (Å²) < 4.78 is 38.1. The number of urea groups is 1. The highest BCUT2D eigenvalue weighted by Crippen LogP contribution is 2.32. The fourth-order valence-corrected chi connectivity index (χ4v) is 3.16. The minimum absolute atomic E-state index is 0.109. The number of benzene rings is 2. The van der Waals surface area contributed by atoms with Crippen LogP contribution in [0.15, 0.2) is 36.4 Å². The van der Waals surface area contributed by atoms with Crippen molar-refractivity contribution in [1.82, 2.24) is 10.2 Å². The molecular weight excluding hydrogens is 386 g/mol. The Morgan fingerprint density at radius 3 is 2.48 bits per heavy atom. The average Bonchev–Trinajstić information content (AvgIpc) is 2.92. The van der Waals surface area contributed by atoms with Gasteiger partial charge in [-0.15, -0.1) is 0 Å². The van der Waals surface area contributed by atoms with Crippen molar-refractivity contribution in [3.05, 3.63) is 59.2 Å². The van der Waals surface area contributed by atoms with Crippen LogP contribution in [0, 0.1) is 11.6 Å². The summed E-state index contributed by atoms with van der Waals surface area (Å²) >= 11 is 0. The van der Waals surface area contributed by atoms with E-state index < -0.39 is 41.4 Å². The van der Waals surface area contributed by atoms with Crippen LogP contribution in [-0.4, -0.2) is 43.4 Å². The molecule has 2 aromatic carbocycles. The van der Waals surface area contributed by atoms with Gasteiger partial charge in [0.2, 0.25) is 0 Å².